The van der Waals surface area contributed by atoms with E-state index in [9.17, 15) is 0 Å². The summed E-state index contributed by atoms with van der Waals surface area (Å²) in [5, 5.41) is 0. The van der Waals surface area contributed by atoms with Crippen molar-refractivity contribution in [2.75, 3.05) is 0 Å². The van der Waals surface area contributed by atoms with Crippen molar-refractivity contribution >= 4 is 5.69 Å². The van der Waals surface area contributed by atoms with Crippen LogP contribution in [0.1, 0.15) is 70.2 Å². The molecule has 0 radical (unpaired) electrons. The molecule has 0 aliphatic heterocycles. The van der Waals surface area contributed by atoms with Crippen LogP contribution >= 0.6 is 0 Å². The van der Waals surface area contributed by atoms with Gasteiger partial charge in [-0.2, -0.15) is 12.0 Å². The fraction of sp³-hybridized carbons (Fsp3) is 0.400. The third-order valence-corrected chi connectivity index (χ3v) is 3.55. The molecule has 0 fully saturated rings. The van der Waals surface area contributed by atoms with E-state index in [0.29, 0.717) is 11.8 Å². The third kappa shape index (κ3) is 6.91. The molecule has 0 spiro atoms. The van der Waals surface area contributed by atoms with Crippen molar-refractivity contribution in [3.63, 3.8) is 0 Å². The summed E-state index contributed by atoms with van der Waals surface area (Å²) in [5.41, 5.74) is 12.1. The van der Waals surface area contributed by atoms with Crippen LogP contribution < -0.4 is 0 Å². The molecule has 1 aromatic heterocycles. The fourth-order valence-corrected chi connectivity index (χ4v) is 2.21. The Morgan fingerprint density at radius 3 is 1.70 bits per heavy atom. The Labute approximate surface area is 161 Å². The zero-order valence-electron chi connectivity index (χ0n) is 15.1. The molecule has 2 nitrogen and oxygen atoms in total. The predicted octanol–water partition coefficient (Wildman–Crippen LogP) is 6.66. The molecule has 1 aromatic carbocycles. The van der Waals surface area contributed by atoms with E-state index in [1.54, 1.807) is 0 Å². The van der Waals surface area contributed by atoms with Crippen molar-refractivity contribution in [2.45, 2.75) is 53.4 Å². The second kappa shape index (κ2) is 10.7. The topological polar surface area (TPSA) is 36.7 Å². The van der Waals surface area contributed by atoms with Gasteiger partial charge >= 0.3 is 26.2 Å². The van der Waals surface area contributed by atoms with Crippen molar-refractivity contribution in [1.82, 2.24) is 4.98 Å². The summed E-state index contributed by atoms with van der Waals surface area (Å²) >= 11 is 0. The third-order valence-electron chi connectivity index (χ3n) is 3.55. The number of pyridine rings is 1. The minimum Gasteiger partial charge on any atom is -0.698 e. The summed E-state index contributed by atoms with van der Waals surface area (Å²) in [4.78, 5) is 4.14. The molecule has 0 amide bonds. The minimum absolute atomic E-state index is 0. The molecule has 1 N–H and O–H groups in total. The number of benzene rings is 1. The first-order chi connectivity index (χ1) is 10.3. The predicted molar refractivity (Wildman–Crippen MR) is 96.5 cm³/mol. The van der Waals surface area contributed by atoms with Gasteiger partial charge in [-0.3, -0.25) is 4.98 Å². The van der Waals surface area contributed by atoms with E-state index < -0.39 is 0 Å². The molecule has 1 heterocycles. The molecule has 0 atom stereocenters. The molecule has 0 aliphatic rings. The molecule has 2 aromatic rings. The summed E-state index contributed by atoms with van der Waals surface area (Å²) < 4.78 is 0. The Morgan fingerprint density at radius 1 is 0.870 bits per heavy atom. The molecular formula is C20H28N2Zr. The second-order valence-electron chi connectivity index (χ2n) is 6.34. The van der Waals surface area contributed by atoms with Gasteiger partial charge in [0, 0.05) is 6.20 Å². The first kappa shape index (κ1) is 21.9. The van der Waals surface area contributed by atoms with Gasteiger partial charge in [0.05, 0.1) is 0 Å². The van der Waals surface area contributed by atoms with E-state index in [2.05, 4.69) is 64.7 Å². The van der Waals surface area contributed by atoms with Crippen LogP contribution in [0.3, 0.4) is 0 Å². The maximum absolute atomic E-state index is 8.01. The van der Waals surface area contributed by atoms with Gasteiger partial charge in [-0.15, -0.1) is 25.6 Å². The first-order valence-corrected chi connectivity index (χ1v) is 7.90. The minimum atomic E-state index is 0. The molecule has 122 valence electrons. The van der Waals surface area contributed by atoms with E-state index >= 15 is 0 Å². The van der Waals surface area contributed by atoms with Gasteiger partial charge < -0.3 is 5.73 Å². The molecule has 0 bridgehead atoms. The fourth-order valence-electron chi connectivity index (χ4n) is 2.21. The average Bonchev–Trinajstić information content (AvgIpc) is 2.48. The van der Waals surface area contributed by atoms with Crippen LogP contribution in [0.5, 0.6) is 0 Å². The SMILES string of the molecule is CC(C)c1cccc(C(C)C)c1[NH-].C[C-](C)c1ccccn1.[Zr+2]. The van der Waals surface area contributed by atoms with Crippen molar-refractivity contribution in [1.29, 1.82) is 0 Å². The molecule has 23 heavy (non-hydrogen) atoms. The molecular weight excluding hydrogens is 359 g/mol. The average molecular weight is 388 g/mol. The number of hydrogen-bond donors (Lipinski definition) is 0. The van der Waals surface area contributed by atoms with Gasteiger partial charge in [0.25, 0.3) is 0 Å². The van der Waals surface area contributed by atoms with Crippen LogP contribution in [-0.2, 0) is 26.2 Å². The van der Waals surface area contributed by atoms with Gasteiger partial charge in [0.15, 0.2) is 0 Å². The van der Waals surface area contributed by atoms with Crippen molar-refractivity contribution in [3.05, 3.63) is 71.1 Å². The number of nitrogens with one attached hydrogen (secondary N) is 1. The molecule has 0 saturated heterocycles. The Morgan fingerprint density at radius 2 is 1.39 bits per heavy atom. The Balaban J connectivity index is 0.000000427. The largest absolute Gasteiger partial charge is 2.00 e. The standard InChI is InChI=1S/C12H18N.C8H10N.Zr/c1-8(2)10-6-5-7-11(9(3)4)12(10)13;1-7(2)8-5-3-4-6-9-8;/h5-9,13H,1-4H3;3-6H,1-2H3;/q2*-1;+2. The summed E-state index contributed by atoms with van der Waals surface area (Å²) in [5.74, 6) is 2.16. The monoisotopic (exact) mass is 386 g/mol. The van der Waals surface area contributed by atoms with Crippen molar-refractivity contribution in [2.24, 2.45) is 0 Å². The van der Waals surface area contributed by atoms with E-state index in [1.807, 2.05) is 24.4 Å². The maximum Gasteiger partial charge on any atom is 2.00 e. The van der Waals surface area contributed by atoms with Gasteiger partial charge in [0.2, 0.25) is 0 Å². The zero-order valence-corrected chi connectivity index (χ0v) is 17.6. The number of aromatic nitrogens is 1. The Bertz CT molecular complexity index is 537. The molecule has 0 unspecified atom stereocenters. The van der Waals surface area contributed by atoms with E-state index in [4.69, 9.17) is 5.73 Å². The summed E-state index contributed by atoms with van der Waals surface area (Å²) in [6.45, 7) is 12.7. The smallest absolute Gasteiger partial charge is 0.698 e. The molecule has 3 heteroatoms. The molecule has 0 aliphatic carbocycles. The Kier molecular flexibility index (Phi) is 10.2. The van der Waals surface area contributed by atoms with Crippen molar-refractivity contribution < 1.29 is 26.2 Å². The van der Waals surface area contributed by atoms with Crippen LogP contribution in [0.4, 0.5) is 5.69 Å². The van der Waals surface area contributed by atoms with Crippen LogP contribution in [0, 0.1) is 5.92 Å². The summed E-state index contributed by atoms with van der Waals surface area (Å²) in [6.07, 6.45) is 1.81. The summed E-state index contributed by atoms with van der Waals surface area (Å²) in [7, 11) is 0. The van der Waals surface area contributed by atoms with Gasteiger partial charge in [-0.25, -0.2) is 0 Å². The van der Waals surface area contributed by atoms with Gasteiger partial charge in [-0.1, -0.05) is 68.8 Å². The molecule has 0 saturated carbocycles. The van der Waals surface area contributed by atoms with Crippen molar-refractivity contribution in [3.8, 4) is 0 Å². The van der Waals surface area contributed by atoms with E-state index in [0.717, 1.165) is 22.5 Å². The number of nitrogens with zero attached hydrogens (tertiary/aromatic N) is 1. The van der Waals surface area contributed by atoms with Crippen LogP contribution in [0.15, 0.2) is 42.6 Å². The first-order valence-electron chi connectivity index (χ1n) is 7.90. The van der Waals surface area contributed by atoms with Crippen LogP contribution in [0.25, 0.3) is 5.73 Å². The summed E-state index contributed by atoms with van der Waals surface area (Å²) in [6, 6.07) is 12.1. The quantitative estimate of drug-likeness (QED) is 0.542. The van der Waals surface area contributed by atoms with Gasteiger partial charge in [-0.05, 0) is 11.8 Å². The van der Waals surface area contributed by atoms with Crippen LogP contribution in [0.2, 0.25) is 0 Å². The van der Waals surface area contributed by atoms with Crippen LogP contribution in [-0.4, -0.2) is 4.98 Å². The number of rotatable bonds is 3. The zero-order chi connectivity index (χ0) is 16.7. The van der Waals surface area contributed by atoms with E-state index in [-0.39, 0.29) is 26.2 Å². The van der Waals surface area contributed by atoms with Gasteiger partial charge in [0.1, 0.15) is 0 Å². The second-order valence-corrected chi connectivity index (χ2v) is 6.34. The normalized spacial score (nSPS) is 9.91. The molecule has 2 rings (SSSR count). The maximum atomic E-state index is 8.01. The number of hydrogen-bond acceptors (Lipinski definition) is 1. The van der Waals surface area contributed by atoms with E-state index in [1.165, 1.54) is 5.92 Å². The Hall–Kier alpha value is -1.08.